The molecule has 11 nitrogen and oxygen atoms in total. The van der Waals surface area contributed by atoms with E-state index in [0.29, 0.717) is 30.3 Å². The van der Waals surface area contributed by atoms with Gasteiger partial charge in [0.2, 0.25) is 5.95 Å². The number of aromatic nitrogens is 7. The van der Waals surface area contributed by atoms with Crippen molar-refractivity contribution in [1.82, 2.24) is 33.7 Å². The topological polar surface area (TPSA) is 113 Å². The Morgan fingerprint density at radius 1 is 1.21 bits per heavy atom. The lowest BCUT2D eigenvalue weighted by Gasteiger charge is -2.16. The summed E-state index contributed by atoms with van der Waals surface area (Å²) in [5.74, 6) is 0.369. The van der Waals surface area contributed by atoms with Crippen LogP contribution in [-0.2, 0) is 16.5 Å². The largest absolute Gasteiger partial charge is 0.382 e. The minimum absolute atomic E-state index is 0.203. The highest BCUT2D eigenvalue weighted by Gasteiger charge is 2.21. The zero-order valence-electron chi connectivity index (χ0n) is 16.7. The lowest BCUT2D eigenvalue weighted by molar-refractivity contribution is 0.0893. The zero-order valence-corrected chi connectivity index (χ0v) is 16.7. The van der Waals surface area contributed by atoms with E-state index < -0.39 is 0 Å². The van der Waals surface area contributed by atoms with Gasteiger partial charge in [0.25, 0.3) is 0 Å². The summed E-state index contributed by atoms with van der Waals surface area (Å²) in [7, 11) is 4.87. The van der Waals surface area contributed by atoms with Gasteiger partial charge in [0.15, 0.2) is 11.3 Å². The summed E-state index contributed by atoms with van der Waals surface area (Å²) in [6.45, 7) is 2.60. The van der Waals surface area contributed by atoms with E-state index in [2.05, 4.69) is 25.4 Å². The van der Waals surface area contributed by atoms with Gasteiger partial charge in [-0.3, -0.25) is 9.13 Å². The lowest BCUT2D eigenvalue weighted by atomic mass is 10.2. The average molecular weight is 398 g/mol. The molecule has 0 atom stereocenters. The number of ether oxygens (including phenoxy) is 2. The summed E-state index contributed by atoms with van der Waals surface area (Å²) < 4.78 is 15.3. The van der Waals surface area contributed by atoms with Crippen molar-refractivity contribution in [3.05, 3.63) is 40.8 Å². The molecule has 0 spiro atoms. The second-order valence-electron chi connectivity index (χ2n) is 6.74. The molecule has 4 aromatic rings. The molecule has 29 heavy (non-hydrogen) atoms. The Balaban J connectivity index is 1.79. The minimum Gasteiger partial charge on any atom is -0.382 e. The Labute approximate surface area is 165 Å². The van der Waals surface area contributed by atoms with Crippen molar-refractivity contribution in [2.45, 2.75) is 13.0 Å². The van der Waals surface area contributed by atoms with Crippen molar-refractivity contribution >= 4 is 28.4 Å². The molecule has 0 aliphatic heterocycles. The number of methoxy groups -OCH3 is 2. The molecule has 0 aliphatic rings. The van der Waals surface area contributed by atoms with Gasteiger partial charge in [0.05, 0.1) is 37.3 Å². The normalized spacial score (nSPS) is 11.8. The first-order valence-electron chi connectivity index (χ1n) is 9.02. The summed E-state index contributed by atoms with van der Waals surface area (Å²) >= 11 is 0. The fraction of sp³-hybridized carbons (Fsp3) is 0.389. The van der Waals surface area contributed by atoms with Gasteiger partial charge < -0.3 is 14.8 Å². The lowest BCUT2D eigenvalue weighted by Crippen LogP contribution is -2.31. The molecule has 0 aromatic carbocycles. The van der Waals surface area contributed by atoms with E-state index in [1.54, 1.807) is 36.5 Å². The monoisotopic (exact) mass is 398 g/mol. The molecule has 0 fully saturated rings. The Hall–Kier alpha value is -3.31. The summed E-state index contributed by atoms with van der Waals surface area (Å²) in [6.07, 6.45) is 4.94. The third-order valence-electron chi connectivity index (χ3n) is 4.78. The van der Waals surface area contributed by atoms with Crippen molar-refractivity contribution in [3.8, 4) is 0 Å². The number of nitrogens with one attached hydrogen (secondary N) is 1. The van der Waals surface area contributed by atoms with Crippen molar-refractivity contribution in [1.29, 1.82) is 0 Å². The van der Waals surface area contributed by atoms with Crippen molar-refractivity contribution in [2.24, 2.45) is 7.05 Å². The van der Waals surface area contributed by atoms with Gasteiger partial charge in [0, 0.05) is 21.3 Å². The van der Waals surface area contributed by atoms with Gasteiger partial charge in [-0.05, 0) is 18.6 Å². The molecule has 4 aromatic heterocycles. The summed E-state index contributed by atoms with van der Waals surface area (Å²) in [4.78, 5) is 26.0. The second-order valence-corrected chi connectivity index (χ2v) is 6.74. The molecule has 4 heterocycles. The smallest absolute Gasteiger partial charge is 0.330 e. The highest BCUT2D eigenvalue weighted by Crippen LogP contribution is 2.21. The molecule has 0 saturated carbocycles. The molecule has 11 heteroatoms. The minimum atomic E-state index is -0.308. The quantitative estimate of drug-likeness (QED) is 0.492. The first-order chi connectivity index (χ1) is 14.0. The van der Waals surface area contributed by atoms with Crippen LogP contribution < -0.4 is 11.0 Å². The van der Waals surface area contributed by atoms with E-state index >= 15 is 0 Å². The molecule has 152 valence electrons. The van der Waals surface area contributed by atoms with Crippen LogP contribution in [0.1, 0.15) is 11.6 Å². The standard InChI is InChI=1S/C18H22N8O3/c1-11-5-15-20-10-21-25(15)7-13(11)22-17-19-6-14-16(23-17)26(18(27)24(14)2)12(8-28-3)9-29-4/h5-7,10,12H,8-9H2,1-4H3,(H,19,22,23). The van der Waals surface area contributed by atoms with E-state index in [1.807, 2.05) is 19.2 Å². The number of hydrogen-bond acceptors (Lipinski definition) is 8. The van der Waals surface area contributed by atoms with Crippen LogP contribution in [0.4, 0.5) is 11.6 Å². The van der Waals surface area contributed by atoms with Crippen molar-refractivity contribution in [2.75, 3.05) is 32.8 Å². The summed E-state index contributed by atoms with van der Waals surface area (Å²) in [6, 6.07) is 1.61. The van der Waals surface area contributed by atoms with Crippen LogP contribution in [0.25, 0.3) is 16.8 Å². The van der Waals surface area contributed by atoms with Gasteiger partial charge in [0.1, 0.15) is 11.8 Å². The number of aryl methyl sites for hydroxylation is 2. The van der Waals surface area contributed by atoms with Crippen LogP contribution in [0.5, 0.6) is 0 Å². The highest BCUT2D eigenvalue weighted by atomic mass is 16.5. The molecule has 0 unspecified atom stereocenters. The van der Waals surface area contributed by atoms with Crippen LogP contribution in [0.3, 0.4) is 0 Å². The fourth-order valence-corrected chi connectivity index (χ4v) is 3.32. The average Bonchev–Trinajstić information content (AvgIpc) is 3.24. The molecule has 4 rings (SSSR count). The van der Waals surface area contributed by atoms with E-state index in [1.165, 1.54) is 10.9 Å². The van der Waals surface area contributed by atoms with Crippen LogP contribution in [0.15, 0.2) is 29.6 Å². The van der Waals surface area contributed by atoms with Gasteiger partial charge in [-0.2, -0.15) is 10.1 Å². The van der Waals surface area contributed by atoms with E-state index in [4.69, 9.17) is 9.47 Å². The van der Waals surface area contributed by atoms with E-state index in [0.717, 1.165) is 16.9 Å². The molecule has 1 N–H and O–H groups in total. The van der Waals surface area contributed by atoms with Crippen LogP contribution in [-0.4, -0.2) is 61.1 Å². The highest BCUT2D eigenvalue weighted by molar-refractivity contribution is 5.73. The van der Waals surface area contributed by atoms with Gasteiger partial charge >= 0.3 is 5.69 Å². The second kappa shape index (κ2) is 7.60. The van der Waals surface area contributed by atoms with E-state index in [-0.39, 0.29) is 11.7 Å². The van der Waals surface area contributed by atoms with Gasteiger partial charge in [-0.15, -0.1) is 0 Å². The van der Waals surface area contributed by atoms with Crippen LogP contribution in [0, 0.1) is 6.92 Å². The number of anilines is 2. The predicted molar refractivity (Wildman–Crippen MR) is 107 cm³/mol. The maximum atomic E-state index is 12.8. The maximum Gasteiger partial charge on any atom is 0.330 e. The first-order valence-corrected chi connectivity index (χ1v) is 9.02. The Bertz CT molecular complexity index is 1220. The van der Waals surface area contributed by atoms with Gasteiger partial charge in [-0.1, -0.05) is 0 Å². The Morgan fingerprint density at radius 2 is 1.97 bits per heavy atom. The molecular weight excluding hydrogens is 376 g/mol. The molecule has 0 saturated heterocycles. The Kier molecular flexibility index (Phi) is 4.99. The zero-order chi connectivity index (χ0) is 20.5. The molecule has 0 bridgehead atoms. The summed E-state index contributed by atoms with van der Waals surface area (Å²) in [5, 5.41) is 7.36. The third-order valence-corrected chi connectivity index (χ3v) is 4.78. The number of hydrogen-bond donors (Lipinski definition) is 1. The summed E-state index contributed by atoms with van der Waals surface area (Å²) in [5.41, 5.74) is 3.44. The van der Waals surface area contributed by atoms with E-state index in [9.17, 15) is 4.79 Å². The van der Waals surface area contributed by atoms with Crippen molar-refractivity contribution in [3.63, 3.8) is 0 Å². The number of pyridine rings is 1. The number of fused-ring (bicyclic) bond motifs is 2. The Morgan fingerprint density at radius 3 is 2.69 bits per heavy atom. The number of rotatable bonds is 7. The molecule has 0 amide bonds. The third kappa shape index (κ3) is 3.34. The first kappa shape index (κ1) is 19.0. The molecule has 0 radical (unpaired) electrons. The maximum absolute atomic E-state index is 12.8. The predicted octanol–water partition coefficient (Wildman–Crippen LogP) is 1.06. The fourth-order valence-electron chi connectivity index (χ4n) is 3.32. The SMILES string of the molecule is COCC(COC)n1c(=O)n(C)c2cnc(Nc3cn4ncnc4cc3C)nc21. The van der Waals surface area contributed by atoms with Crippen LogP contribution >= 0.6 is 0 Å². The number of imidazole rings is 1. The molecular formula is C18H22N8O3. The van der Waals surface area contributed by atoms with Crippen molar-refractivity contribution < 1.29 is 9.47 Å². The van der Waals surface area contributed by atoms with Gasteiger partial charge in [-0.25, -0.2) is 19.3 Å². The van der Waals surface area contributed by atoms with Crippen LogP contribution in [0.2, 0.25) is 0 Å². The number of nitrogens with zero attached hydrogens (tertiary/aromatic N) is 7. The molecule has 0 aliphatic carbocycles.